The van der Waals surface area contributed by atoms with Crippen LogP contribution in [0, 0.1) is 0 Å². The first kappa shape index (κ1) is 17.2. The molecule has 2 heterocycles. The Balaban J connectivity index is 1.35. The number of aromatic nitrogens is 3. The highest BCUT2D eigenvalue weighted by Gasteiger charge is 2.31. The molecule has 0 amide bonds. The lowest BCUT2D eigenvalue weighted by atomic mass is 10.1. The van der Waals surface area contributed by atoms with Gasteiger partial charge in [-0.15, -0.1) is 10.2 Å². The molecule has 1 saturated carbocycles. The summed E-state index contributed by atoms with van der Waals surface area (Å²) >= 11 is 0. The average molecular weight is 333 g/mol. The average Bonchev–Trinajstić information content (AvgIpc) is 3.32. The van der Waals surface area contributed by atoms with Crippen molar-refractivity contribution in [3.05, 3.63) is 12.7 Å². The molecular formula is C17H31N7. The molecule has 2 fully saturated rings. The van der Waals surface area contributed by atoms with Crippen molar-refractivity contribution in [1.29, 1.82) is 0 Å². The fourth-order valence-corrected chi connectivity index (χ4v) is 3.30. The van der Waals surface area contributed by atoms with Gasteiger partial charge in [0, 0.05) is 44.8 Å². The zero-order valence-electron chi connectivity index (χ0n) is 14.8. The largest absolute Gasteiger partial charge is 0.357 e. The van der Waals surface area contributed by atoms with Crippen LogP contribution in [-0.2, 0) is 6.54 Å². The Morgan fingerprint density at radius 2 is 1.88 bits per heavy atom. The van der Waals surface area contributed by atoms with Crippen molar-refractivity contribution in [2.24, 2.45) is 4.99 Å². The zero-order chi connectivity index (χ0) is 16.6. The Labute approximate surface area is 144 Å². The monoisotopic (exact) mass is 333 g/mol. The van der Waals surface area contributed by atoms with Crippen LogP contribution in [0.2, 0.25) is 0 Å². The summed E-state index contributed by atoms with van der Waals surface area (Å²) in [5.41, 5.74) is 0. The summed E-state index contributed by atoms with van der Waals surface area (Å²) < 4.78 is 2.01. The van der Waals surface area contributed by atoms with Crippen LogP contribution in [0.15, 0.2) is 17.6 Å². The predicted octanol–water partition coefficient (Wildman–Crippen LogP) is 1.24. The van der Waals surface area contributed by atoms with E-state index in [1.165, 1.54) is 38.8 Å². The lowest BCUT2D eigenvalue weighted by molar-refractivity contribution is 0.197. The van der Waals surface area contributed by atoms with Crippen LogP contribution < -0.4 is 10.6 Å². The maximum absolute atomic E-state index is 4.73. The molecule has 134 valence electrons. The molecule has 24 heavy (non-hydrogen) atoms. The van der Waals surface area contributed by atoms with Crippen LogP contribution in [0.25, 0.3) is 0 Å². The third-order valence-electron chi connectivity index (χ3n) is 4.84. The number of hydrogen-bond donors (Lipinski definition) is 2. The third-order valence-corrected chi connectivity index (χ3v) is 4.84. The number of nitrogens with one attached hydrogen (secondary N) is 2. The molecule has 2 aliphatic rings. The van der Waals surface area contributed by atoms with Crippen molar-refractivity contribution in [2.45, 2.75) is 64.1 Å². The molecule has 0 radical (unpaired) electrons. The minimum absolute atomic E-state index is 0.565. The number of guanidine groups is 1. The lowest BCUT2D eigenvalue weighted by Gasteiger charge is -2.33. The second kappa shape index (κ2) is 9.01. The molecule has 0 spiro atoms. The number of piperidine rings is 1. The van der Waals surface area contributed by atoms with Crippen LogP contribution >= 0.6 is 0 Å². The summed E-state index contributed by atoms with van der Waals surface area (Å²) in [5.74, 6) is 0.978. The first-order valence-electron chi connectivity index (χ1n) is 9.46. The molecule has 0 unspecified atom stereocenters. The smallest absolute Gasteiger partial charge is 0.191 e. The SMILES string of the molecule is CCNC(=NCCCCn1cnnc1)NC1CCN(C2CC2)CC1. The van der Waals surface area contributed by atoms with Crippen molar-refractivity contribution in [3.63, 3.8) is 0 Å². The molecule has 0 aromatic carbocycles. The van der Waals surface area contributed by atoms with Gasteiger partial charge < -0.3 is 20.1 Å². The Bertz CT molecular complexity index is 487. The van der Waals surface area contributed by atoms with E-state index in [1.807, 2.05) is 4.57 Å². The molecular weight excluding hydrogens is 302 g/mol. The normalized spacial score (nSPS) is 20.3. The minimum atomic E-state index is 0.565. The molecule has 1 saturated heterocycles. The Morgan fingerprint density at radius 3 is 2.54 bits per heavy atom. The van der Waals surface area contributed by atoms with E-state index in [0.29, 0.717) is 6.04 Å². The molecule has 2 N–H and O–H groups in total. The number of hydrogen-bond acceptors (Lipinski definition) is 4. The van der Waals surface area contributed by atoms with Crippen molar-refractivity contribution in [2.75, 3.05) is 26.2 Å². The summed E-state index contributed by atoms with van der Waals surface area (Å²) in [4.78, 5) is 7.39. The molecule has 0 bridgehead atoms. The van der Waals surface area contributed by atoms with Crippen LogP contribution in [0.5, 0.6) is 0 Å². The van der Waals surface area contributed by atoms with Crippen molar-refractivity contribution >= 4 is 5.96 Å². The van der Waals surface area contributed by atoms with E-state index in [2.05, 4.69) is 32.7 Å². The minimum Gasteiger partial charge on any atom is -0.357 e. The van der Waals surface area contributed by atoms with E-state index >= 15 is 0 Å². The van der Waals surface area contributed by atoms with Gasteiger partial charge in [0.05, 0.1) is 0 Å². The standard InChI is InChI=1S/C17H31N7/c1-2-18-17(19-9-3-4-10-23-13-20-21-14-23)22-15-7-11-24(12-8-15)16-5-6-16/h13-16H,2-12H2,1H3,(H2,18,19,22). The van der Waals surface area contributed by atoms with Gasteiger partial charge in [-0.3, -0.25) is 4.99 Å². The first-order valence-corrected chi connectivity index (χ1v) is 9.46. The number of rotatable bonds is 8. The molecule has 3 rings (SSSR count). The summed E-state index contributed by atoms with van der Waals surface area (Å²) in [5, 5.41) is 14.7. The van der Waals surface area contributed by atoms with Gasteiger partial charge in [0.15, 0.2) is 5.96 Å². The predicted molar refractivity (Wildman–Crippen MR) is 96.0 cm³/mol. The maximum Gasteiger partial charge on any atom is 0.191 e. The number of aliphatic imine (C=N–C) groups is 1. The molecule has 7 nitrogen and oxygen atoms in total. The fourth-order valence-electron chi connectivity index (χ4n) is 3.30. The summed E-state index contributed by atoms with van der Waals surface area (Å²) in [6, 6.07) is 1.47. The van der Waals surface area contributed by atoms with Crippen LogP contribution in [0.4, 0.5) is 0 Å². The van der Waals surface area contributed by atoms with Gasteiger partial charge in [-0.1, -0.05) is 0 Å². The molecule has 0 atom stereocenters. The Kier molecular flexibility index (Phi) is 6.46. The van der Waals surface area contributed by atoms with Gasteiger partial charge in [-0.25, -0.2) is 0 Å². The van der Waals surface area contributed by atoms with Crippen LogP contribution in [0.3, 0.4) is 0 Å². The van der Waals surface area contributed by atoms with E-state index in [0.717, 1.165) is 44.5 Å². The fraction of sp³-hybridized carbons (Fsp3) is 0.824. The number of aryl methyl sites for hydroxylation is 1. The Morgan fingerprint density at radius 1 is 1.12 bits per heavy atom. The summed E-state index contributed by atoms with van der Waals surface area (Å²) in [7, 11) is 0. The van der Waals surface area contributed by atoms with E-state index in [-0.39, 0.29) is 0 Å². The van der Waals surface area contributed by atoms with Gasteiger partial charge in [-0.2, -0.15) is 0 Å². The van der Waals surface area contributed by atoms with Crippen molar-refractivity contribution in [3.8, 4) is 0 Å². The Hall–Kier alpha value is -1.63. The zero-order valence-corrected chi connectivity index (χ0v) is 14.8. The molecule has 1 aromatic rings. The number of unbranched alkanes of at least 4 members (excludes halogenated alkanes) is 1. The van der Waals surface area contributed by atoms with Crippen molar-refractivity contribution < 1.29 is 0 Å². The van der Waals surface area contributed by atoms with Gasteiger partial charge in [0.25, 0.3) is 0 Å². The lowest BCUT2D eigenvalue weighted by Crippen LogP contribution is -2.49. The molecule has 1 aromatic heterocycles. The van der Waals surface area contributed by atoms with E-state index in [9.17, 15) is 0 Å². The van der Waals surface area contributed by atoms with Gasteiger partial charge in [0.1, 0.15) is 12.7 Å². The molecule has 1 aliphatic heterocycles. The second-order valence-corrected chi connectivity index (χ2v) is 6.85. The van der Waals surface area contributed by atoms with Gasteiger partial charge in [0.2, 0.25) is 0 Å². The first-order chi connectivity index (χ1) is 11.8. The number of likely N-dealkylation sites (tertiary alicyclic amines) is 1. The van der Waals surface area contributed by atoms with Crippen LogP contribution in [-0.4, -0.2) is 63.9 Å². The molecule has 1 aliphatic carbocycles. The van der Waals surface area contributed by atoms with Gasteiger partial charge in [-0.05, 0) is 45.4 Å². The maximum atomic E-state index is 4.73. The molecule has 7 heteroatoms. The van der Waals surface area contributed by atoms with E-state index < -0.39 is 0 Å². The highest BCUT2D eigenvalue weighted by Crippen LogP contribution is 2.29. The van der Waals surface area contributed by atoms with E-state index in [4.69, 9.17) is 4.99 Å². The summed E-state index contributed by atoms with van der Waals surface area (Å²) in [6.07, 6.45) is 11.0. The number of nitrogens with zero attached hydrogens (tertiary/aromatic N) is 5. The highest BCUT2D eigenvalue weighted by atomic mass is 15.2. The third kappa shape index (κ3) is 5.47. The topological polar surface area (TPSA) is 70.4 Å². The van der Waals surface area contributed by atoms with Crippen molar-refractivity contribution in [1.82, 2.24) is 30.3 Å². The summed E-state index contributed by atoms with van der Waals surface area (Å²) in [6.45, 7) is 7.33. The highest BCUT2D eigenvalue weighted by molar-refractivity contribution is 5.80. The van der Waals surface area contributed by atoms with Gasteiger partial charge >= 0.3 is 0 Å². The quantitative estimate of drug-likeness (QED) is 0.425. The van der Waals surface area contributed by atoms with Crippen LogP contribution in [0.1, 0.15) is 45.4 Å². The van der Waals surface area contributed by atoms with E-state index in [1.54, 1.807) is 12.7 Å². The second-order valence-electron chi connectivity index (χ2n) is 6.85.